The Morgan fingerprint density at radius 1 is 1.15 bits per heavy atom. The summed E-state index contributed by atoms with van der Waals surface area (Å²) in [7, 11) is 3.22. The quantitative estimate of drug-likeness (QED) is 0.741. The maximum Gasteiger partial charge on any atom is 0.254 e. The molecule has 3 aromatic rings. The van der Waals surface area contributed by atoms with E-state index in [1.165, 1.54) is 0 Å². The molecule has 1 aliphatic rings. The number of amides is 1. The van der Waals surface area contributed by atoms with Gasteiger partial charge in [0.1, 0.15) is 17.2 Å². The number of methoxy groups -OCH3 is 2. The molecule has 138 valence electrons. The Balaban J connectivity index is 1.64. The minimum Gasteiger partial charge on any atom is -0.497 e. The molecule has 0 spiro atoms. The Morgan fingerprint density at radius 2 is 2.00 bits per heavy atom. The molecule has 0 radical (unpaired) electrons. The molecule has 1 amide bonds. The van der Waals surface area contributed by atoms with Crippen LogP contribution in [0.25, 0.3) is 11.3 Å². The van der Waals surface area contributed by atoms with E-state index in [-0.39, 0.29) is 5.91 Å². The lowest BCUT2D eigenvalue weighted by Gasteiger charge is -2.16. The molecule has 0 bridgehead atoms. The van der Waals surface area contributed by atoms with Crippen LogP contribution >= 0.6 is 11.6 Å². The average molecular weight is 384 g/mol. The van der Waals surface area contributed by atoms with Crippen LogP contribution in [0.4, 0.5) is 0 Å². The predicted molar refractivity (Wildman–Crippen MR) is 102 cm³/mol. The lowest BCUT2D eigenvalue weighted by Crippen LogP contribution is -2.25. The number of halogens is 1. The first-order chi connectivity index (χ1) is 13.1. The van der Waals surface area contributed by atoms with Gasteiger partial charge in [-0.3, -0.25) is 9.89 Å². The lowest BCUT2D eigenvalue weighted by molar-refractivity contribution is 0.0749. The zero-order valence-corrected chi connectivity index (χ0v) is 15.7. The molecular weight excluding hydrogens is 366 g/mol. The topological polar surface area (TPSA) is 67.5 Å². The van der Waals surface area contributed by atoms with Gasteiger partial charge in [-0.25, -0.2) is 0 Å². The van der Waals surface area contributed by atoms with E-state index >= 15 is 0 Å². The minimum atomic E-state index is -0.0604. The number of fused-ring (bicyclic) bond motifs is 1. The molecule has 6 nitrogen and oxygen atoms in total. The molecule has 1 aromatic heterocycles. The molecule has 7 heteroatoms. The Morgan fingerprint density at radius 3 is 2.74 bits per heavy atom. The third-order valence-electron chi connectivity index (χ3n) is 4.67. The van der Waals surface area contributed by atoms with Crippen LogP contribution in [0.2, 0.25) is 5.02 Å². The summed E-state index contributed by atoms with van der Waals surface area (Å²) < 4.78 is 10.8. The first-order valence-electron chi connectivity index (χ1n) is 8.44. The average Bonchev–Trinajstić information content (AvgIpc) is 3.27. The maximum atomic E-state index is 12.8. The predicted octanol–water partition coefficient (Wildman–Crippen LogP) is 3.90. The van der Waals surface area contributed by atoms with Gasteiger partial charge in [0.25, 0.3) is 5.91 Å². The van der Waals surface area contributed by atoms with E-state index in [0.29, 0.717) is 35.2 Å². The Hall–Kier alpha value is -2.99. The van der Waals surface area contributed by atoms with Crippen LogP contribution < -0.4 is 9.47 Å². The lowest BCUT2D eigenvalue weighted by atomic mass is 10.1. The van der Waals surface area contributed by atoms with Crippen LogP contribution in [-0.4, -0.2) is 35.2 Å². The van der Waals surface area contributed by atoms with E-state index in [0.717, 1.165) is 22.5 Å². The van der Waals surface area contributed by atoms with E-state index in [9.17, 15) is 4.79 Å². The third-order valence-corrected chi connectivity index (χ3v) is 4.91. The number of H-pyrrole nitrogens is 1. The van der Waals surface area contributed by atoms with Gasteiger partial charge in [0.2, 0.25) is 0 Å². The van der Waals surface area contributed by atoms with Crippen LogP contribution in [0.15, 0.2) is 42.5 Å². The highest BCUT2D eigenvalue weighted by molar-refractivity contribution is 6.30. The number of aromatic nitrogens is 2. The number of rotatable bonds is 4. The van der Waals surface area contributed by atoms with Crippen molar-refractivity contribution in [1.29, 1.82) is 0 Å². The number of nitrogens with zero attached hydrogens (tertiary/aromatic N) is 2. The molecule has 27 heavy (non-hydrogen) atoms. The normalized spacial score (nSPS) is 12.8. The van der Waals surface area contributed by atoms with Gasteiger partial charge in [0.15, 0.2) is 0 Å². The molecule has 1 N–H and O–H groups in total. The van der Waals surface area contributed by atoms with Crippen LogP contribution in [0, 0.1) is 0 Å². The highest BCUT2D eigenvalue weighted by Crippen LogP contribution is 2.37. The van der Waals surface area contributed by atoms with Crippen LogP contribution in [0.1, 0.15) is 21.6 Å². The SMILES string of the molecule is COc1ccc(-c2n[nH]c3c2CN(C(=O)c2cccc(Cl)c2)C3)c(OC)c1. The van der Waals surface area contributed by atoms with Gasteiger partial charge in [-0.2, -0.15) is 5.10 Å². The van der Waals surface area contributed by atoms with E-state index in [4.69, 9.17) is 21.1 Å². The number of benzene rings is 2. The molecule has 0 saturated carbocycles. The molecule has 1 aliphatic heterocycles. The van der Waals surface area contributed by atoms with E-state index in [2.05, 4.69) is 10.2 Å². The summed E-state index contributed by atoms with van der Waals surface area (Å²) in [6.45, 7) is 0.952. The second-order valence-electron chi connectivity index (χ2n) is 6.27. The van der Waals surface area contributed by atoms with Gasteiger partial charge in [0, 0.05) is 27.8 Å². The van der Waals surface area contributed by atoms with Crippen molar-refractivity contribution in [3.8, 4) is 22.8 Å². The fourth-order valence-electron chi connectivity index (χ4n) is 3.30. The van der Waals surface area contributed by atoms with E-state index < -0.39 is 0 Å². The molecule has 0 unspecified atom stereocenters. The fourth-order valence-corrected chi connectivity index (χ4v) is 3.49. The smallest absolute Gasteiger partial charge is 0.254 e. The molecule has 2 heterocycles. The molecular formula is C20H18ClN3O3. The first-order valence-corrected chi connectivity index (χ1v) is 8.82. The van der Waals surface area contributed by atoms with Crippen molar-refractivity contribution in [3.63, 3.8) is 0 Å². The Kier molecular flexibility index (Phi) is 4.49. The number of carbonyl (C=O) groups excluding carboxylic acids is 1. The molecule has 0 saturated heterocycles. The number of hydrogen-bond acceptors (Lipinski definition) is 4. The summed E-state index contributed by atoms with van der Waals surface area (Å²) in [5.74, 6) is 1.32. The molecule has 0 atom stereocenters. The van der Waals surface area contributed by atoms with Crippen molar-refractivity contribution in [2.75, 3.05) is 14.2 Å². The van der Waals surface area contributed by atoms with Gasteiger partial charge < -0.3 is 14.4 Å². The second-order valence-corrected chi connectivity index (χ2v) is 6.70. The monoisotopic (exact) mass is 383 g/mol. The van der Waals surface area contributed by atoms with Gasteiger partial charge in [-0.05, 0) is 30.3 Å². The van der Waals surface area contributed by atoms with Crippen molar-refractivity contribution in [3.05, 3.63) is 64.3 Å². The number of hydrogen-bond donors (Lipinski definition) is 1. The van der Waals surface area contributed by atoms with Crippen LogP contribution in [0.5, 0.6) is 11.5 Å². The summed E-state index contributed by atoms with van der Waals surface area (Å²) in [4.78, 5) is 14.6. The Bertz CT molecular complexity index is 1020. The molecule has 2 aromatic carbocycles. The fraction of sp³-hybridized carbons (Fsp3) is 0.200. The van der Waals surface area contributed by atoms with Crippen LogP contribution in [0.3, 0.4) is 0 Å². The van der Waals surface area contributed by atoms with Gasteiger partial charge in [-0.15, -0.1) is 0 Å². The minimum absolute atomic E-state index is 0.0604. The van der Waals surface area contributed by atoms with Crippen molar-refractivity contribution >= 4 is 17.5 Å². The van der Waals surface area contributed by atoms with Gasteiger partial charge >= 0.3 is 0 Å². The summed E-state index contributed by atoms with van der Waals surface area (Å²) in [6, 6.07) is 12.6. The van der Waals surface area contributed by atoms with Crippen molar-refractivity contribution in [1.82, 2.24) is 15.1 Å². The molecule has 0 fully saturated rings. The Labute approximate surface area is 161 Å². The van der Waals surface area contributed by atoms with Crippen molar-refractivity contribution in [2.45, 2.75) is 13.1 Å². The number of ether oxygens (including phenoxy) is 2. The summed E-state index contributed by atoms with van der Waals surface area (Å²) in [6.07, 6.45) is 0. The highest BCUT2D eigenvalue weighted by Gasteiger charge is 2.30. The summed E-state index contributed by atoms with van der Waals surface area (Å²) >= 11 is 6.02. The summed E-state index contributed by atoms with van der Waals surface area (Å²) in [5, 5.41) is 8.05. The zero-order chi connectivity index (χ0) is 19.0. The number of aromatic amines is 1. The van der Waals surface area contributed by atoms with E-state index in [1.54, 1.807) is 43.4 Å². The number of carbonyl (C=O) groups is 1. The van der Waals surface area contributed by atoms with Gasteiger partial charge in [-0.1, -0.05) is 17.7 Å². The van der Waals surface area contributed by atoms with Gasteiger partial charge in [0.05, 0.1) is 33.0 Å². The molecule has 0 aliphatic carbocycles. The third kappa shape index (κ3) is 3.13. The second kappa shape index (κ2) is 6.96. The largest absolute Gasteiger partial charge is 0.497 e. The van der Waals surface area contributed by atoms with E-state index in [1.807, 2.05) is 18.2 Å². The number of nitrogens with one attached hydrogen (secondary N) is 1. The van der Waals surface area contributed by atoms with Crippen LogP contribution in [-0.2, 0) is 13.1 Å². The first kappa shape index (κ1) is 17.4. The molecule has 4 rings (SSSR count). The standard InChI is InChI=1S/C20H18ClN3O3/c1-26-14-6-7-15(18(9-14)27-2)19-16-10-24(11-17(16)22-23-19)20(25)12-4-3-5-13(21)8-12/h3-9H,10-11H2,1-2H3,(H,22,23). The van der Waals surface area contributed by atoms with Crippen molar-refractivity contribution in [2.24, 2.45) is 0 Å². The highest BCUT2D eigenvalue weighted by atomic mass is 35.5. The zero-order valence-electron chi connectivity index (χ0n) is 15.0. The maximum absolute atomic E-state index is 12.8. The summed E-state index contributed by atoms with van der Waals surface area (Å²) in [5.41, 5.74) is 4.13. The van der Waals surface area contributed by atoms with Crippen molar-refractivity contribution < 1.29 is 14.3 Å².